The Morgan fingerprint density at radius 1 is 0.776 bits per heavy atom. The van der Waals surface area contributed by atoms with Crippen LogP contribution in [0, 0.1) is 6.92 Å². The fourth-order valence-corrected chi connectivity index (χ4v) is 5.96. The summed E-state index contributed by atoms with van der Waals surface area (Å²) in [7, 11) is 1.78. The van der Waals surface area contributed by atoms with Crippen LogP contribution >= 0.6 is 11.8 Å². The van der Waals surface area contributed by atoms with Gasteiger partial charge in [0, 0.05) is 23.2 Å². The number of amides is 3. The first kappa shape index (κ1) is 34.7. The van der Waals surface area contributed by atoms with Gasteiger partial charge >= 0.3 is 0 Å². The SMILES string of the molecule is Cc1c(NC(=O)C(C)Sc2ccc(NC(=O)/C(=C/c3ccc(C(C)C)cc3)NC(=O)c3ccccc3)cc2)c(=O)n(-c2ccccc2)n1C. The lowest BCUT2D eigenvalue weighted by atomic mass is 10.0. The highest BCUT2D eigenvalue weighted by molar-refractivity contribution is 8.00. The van der Waals surface area contributed by atoms with Crippen LogP contribution in [0.5, 0.6) is 0 Å². The smallest absolute Gasteiger partial charge is 0.295 e. The highest BCUT2D eigenvalue weighted by Gasteiger charge is 2.22. The molecule has 0 aliphatic carbocycles. The molecular weight excluding hydrogens is 635 g/mol. The Balaban J connectivity index is 1.26. The molecule has 3 amide bonds. The van der Waals surface area contributed by atoms with E-state index in [4.69, 9.17) is 0 Å². The van der Waals surface area contributed by atoms with Gasteiger partial charge in [-0.25, -0.2) is 4.68 Å². The molecule has 0 aliphatic rings. The van der Waals surface area contributed by atoms with Crippen molar-refractivity contribution < 1.29 is 14.4 Å². The first-order valence-corrected chi connectivity index (χ1v) is 16.8. The van der Waals surface area contributed by atoms with Crippen LogP contribution in [-0.2, 0) is 16.6 Å². The molecule has 0 radical (unpaired) electrons. The number of aromatic nitrogens is 2. The molecule has 0 bridgehead atoms. The minimum absolute atomic E-state index is 0.0948. The fraction of sp³-hybridized carbons (Fsp3) is 0.179. The average molecular weight is 674 g/mol. The van der Waals surface area contributed by atoms with E-state index < -0.39 is 17.1 Å². The summed E-state index contributed by atoms with van der Waals surface area (Å²) in [6.07, 6.45) is 1.65. The summed E-state index contributed by atoms with van der Waals surface area (Å²) in [6.45, 7) is 7.78. The summed E-state index contributed by atoms with van der Waals surface area (Å²) in [6, 6.07) is 32.9. The molecule has 250 valence electrons. The molecule has 0 saturated carbocycles. The number of carbonyl (C=O) groups is 3. The van der Waals surface area contributed by atoms with Crippen molar-refractivity contribution in [3.8, 4) is 5.69 Å². The summed E-state index contributed by atoms with van der Waals surface area (Å²) in [5, 5.41) is 7.94. The molecule has 0 fully saturated rings. The topological polar surface area (TPSA) is 114 Å². The van der Waals surface area contributed by atoms with Gasteiger partial charge in [-0.1, -0.05) is 74.5 Å². The molecule has 1 atom stereocenters. The van der Waals surface area contributed by atoms with E-state index in [9.17, 15) is 19.2 Å². The highest BCUT2D eigenvalue weighted by atomic mass is 32.2. The fourth-order valence-electron chi connectivity index (χ4n) is 5.10. The molecule has 49 heavy (non-hydrogen) atoms. The Morgan fingerprint density at radius 3 is 2.00 bits per heavy atom. The molecule has 3 N–H and O–H groups in total. The molecule has 10 heteroatoms. The lowest BCUT2D eigenvalue weighted by molar-refractivity contribution is -0.115. The van der Waals surface area contributed by atoms with Crippen LogP contribution in [0.4, 0.5) is 11.4 Å². The number of nitrogens with one attached hydrogen (secondary N) is 3. The van der Waals surface area contributed by atoms with Crippen molar-refractivity contribution in [3.63, 3.8) is 0 Å². The zero-order valence-corrected chi connectivity index (χ0v) is 28.9. The van der Waals surface area contributed by atoms with Gasteiger partial charge in [-0.05, 0) is 85.5 Å². The third-order valence-electron chi connectivity index (χ3n) is 8.04. The average Bonchev–Trinajstić information content (AvgIpc) is 3.32. The van der Waals surface area contributed by atoms with Crippen LogP contribution in [0.1, 0.15) is 53.9 Å². The minimum atomic E-state index is -0.519. The predicted molar refractivity (Wildman–Crippen MR) is 197 cm³/mol. The number of carbonyl (C=O) groups excluding carboxylic acids is 3. The third-order valence-corrected chi connectivity index (χ3v) is 9.15. The number of benzene rings is 4. The maximum absolute atomic E-state index is 13.5. The van der Waals surface area contributed by atoms with E-state index in [-0.39, 0.29) is 22.9 Å². The van der Waals surface area contributed by atoms with E-state index in [1.54, 1.807) is 80.2 Å². The van der Waals surface area contributed by atoms with Gasteiger partial charge in [-0.3, -0.25) is 23.9 Å². The van der Waals surface area contributed by atoms with E-state index in [0.717, 1.165) is 10.5 Å². The molecule has 1 unspecified atom stereocenters. The molecule has 9 nitrogen and oxygen atoms in total. The summed E-state index contributed by atoms with van der Waals surface area (Å²) < 4.78 is 3.24. The van der Waals surface area contributed by atoms with Crippen molar-refractivity contribution in [2.45, 2.75) is 43.8 Å². The number of hydrogen-bond donors (Lipinski definition) is 3. The molecule has 5 rings (SSSR count). The second-order valence-electron chi connectivity index (χ2n) is 11.9. The number of para-hydroxylation sites is 1. The van der Waals surface area contributed by atoms with Crippen LogP contribution in [-0.4, -0.2) is 32.3 Å². The molecule has 1 heterocycles. The molecule has 5 aromatic rings. The number of anilines is 2. The Morgan fingerprint density at radius 2 is 1.39 bits per heavy atom. The van der Waals surface area contributed by atoms with Gasteiger partial charge in [-0.2, -0.15) is 0 Å². The predicted octanol–water partition coefficient (Wildman–Crippen LogP) is 7.14. The van der Waals surface area contributed by atoms with Crippen LogP contribution in [0.15, 0.2) is 125 Å². The van der Waals surface area contributed by atoms with Gasteiger partial charge < -0.3 is 16.0 Å². The van der Waals surface area contributed by atoms with Crippen molar-refractivity contribution in [1.82, 2.24) is 14.7 Å². The van der Waals surface area contributed by atoms with Gasteiger partial charge in [0.25, 0.3) is 17.4 Å². The zero-order valence-electron chi connectivity index (χ0n) is 28.1. The number of nitrogens with zero attached hydrogens (tertiary/aromatic N) is 2. The molecule has 0 saturated heterocycles. The van der Waals surface area contributed by atoms with Crippen LogP contribution in [0.25, 0.3) is 11.8 Å². The monoisotopic (exact) mass is 673 g/mol. The summed E-state index contributed by atoms with van der Waals surface area (Å²) in [5.74, 6) is -0.823. The van der Waals surface area contributed by atoms with Gasteiger partial charge in [0.05, 0.1) is 16.6 Å². The Hall–Kier alpha value is -5.61. The molecular formula is C39H39N5O4S. The maximum atomic E-state index is 13.5. The second kappa shape index (κ2) is 15.5. The van der Waals surface area contributed by atoms with Crippen molar-refractivity contribution in [2.75, 3.05) is 10.6 Å². The number of thioether (sulfide) groups is 1. The third kappa shape index (κ3) is 8.46. The van der Waals surface area contributed by atoms with Crippen LogP contribution < -0.4 is 21.5 Å². The van der Waals surface area contributed by atoms with Crippen LogP contribution in [0.3, 0.4) is 0 Å². The highest BCUT2D eigenvalue weighted by Crippen LogP contribution is 2.26. The van der Waals surface area contributed by atoms with E-state index in [1.165, 1.54) is 22.0 Å². The number of hydrogen-bond acceptors (Lipinski definition) is 5. The first-order chi connectivity index (χ1) is 23.5. The van der Waals surface area contributed by atoms with E-state index in [1.807, 2.05) is 60.7 Å². The summed E-state index contributed by atoms with van der Waals surface area (Å²) >= 11 is 1.33. The quantitative estimate of drug-likeness (QED) is 0.102. The molecule has 1 aromatic heterocycles. The molecule has 4 aromatic carbocycles. The van der Waals surface area contributed by atoms with E-state index in [0.29, 0.717) is 28.6 Å². The largest absolute Gasteiger partial charge is 0.321 e. The maximum Gasteiger partial charge on any atom is 0.295 e. The Bertz CT molecular complexity index is 2030. The Labute approximate surface area is 290 Å². The van der Waals surface area contributed by atoms with Gasteiger partial charge in [0.15, 0.2) is 0 Å². The number of rotatable bonds is 11. The lowest BCUT2D eigenvalue weighted by Crippen LogP contribution is -2.30. The van der Waals surface area contributed by atoms with Crippen molar-refractivity contribution in [1.29, 1.82) is 0 Å². The lowest BCUT2D eigenvalue weighted by Gasteiger charge is -2.13. The summed E-state index contributed by atoms with van der Waals surface area (Å²) in [4.78, 5) is 53.7. The van der Waals surface area contributed by atoms with Gasteiger partial charge in [0.2, 0.25) is 5.91 Å². The van der Waals surface area contributed by atoms with E-state index in [2.05, 4.69) is 29.8 Å². The minimum Gasteiger partial charge on any atom is -0.321 e. The van der Waals surface area contributed by atoms with Gasteiger partial charge in [0.1, 0.15) is 11.4 Å². The zero-order chi connectivity index (χ0) is 35.1. The van der Waals surface area contributed by atoms with Crippen LogP contribution in [0.2, 0.25) is 0 Å². The van der Waals surface area contributed by atoms with Gasteiger partial charge in [-0.15, -0.1) is 11.8 Å². The van der Waals surface area contributed by atoms with E-state index >= 15 is 0 Å². The Kier molecular flexibility index (Phi) is 11.0. The van der Waals surface area contributed by atoms with Crippen molar-refractivity contribution >= 4 is 46.9 Å². The molecule has 0 aliphatic heterocycles. The standard InChI is InChI=1S/C39H39N5O4S/c1-25(2)29-18-16-28(17-19-29)24-34(41-37(46)30-12-8-6-9-13-30)38(47)40-31-20-22-33(23-21-31)49-27(4)36(45)42-35-26(3)43(5)44(39(35)48)32-14-10-7-11-15-32/h6-25,27H,1-5H3,(H,40,47)(H,41,46)(H,42,45)/b34-24-. The van der Waals surface area contributed by atoms with Crippen molar-refractivity contribution in [3.05, 3.63) is 148 Å². The normalized spacial score (nSPS) is 12.0. The van der Waals surface area contributed by atoms with Crippen molar-refractivity contribution in [2.24, 2.45) is 7.05 Å². The second-order valence-corrected chi connectivity index (χ2v) is 13.3. The summed E-state index contributed by atoms with van der Waals surface area (Å²) in [5.41, 5.74) is 4.25. The first-order valence-electron chi connectivity index (χ1n) is 15.9. The molecule has 0 spiro atoms.